The minimum Gasteiger partial charge on any atom is -0.462 e. The smallest absolute Gasteiger partial charge is 0.305 e. The Balaban J connectivity index is 1.59. The maximum Gasteiger partial charge on any atom is 0.305 e. The third kappa shape index (κ3) is 3.07. The zero-order chi connectivity index (χ0) is 21.1. The minimum absolute atomic E-state index is 0.00867. The second-order valence-electron chi connectivity index (χ2n) is 11.3. The van der Waals surface area contributed by atoms with Gasteiger partial charge in [-0.3, -0.25) is 9.59 Å². The van der Waals surface area contributed by atoms with Crippen LogP contribution >= 0.6 is 0 Å². The topological polar surface area (TPSA) is 46.6 Å². The molecule has 0 aromatic rings. The molecule has 1 amide bonds. The highest BCUT2D eigenvalue weighted by atomic mass is 16.5. The molecule has 4 rings (SSSR count). The van der Waals surface area contributed by atoms with Crippen LogP contribution in [0.4, 0.5) is 0 Å². The maximum absolute atomic E-state index is 12.3. The lowest BCUT2D eigenvalue weighted by atomic mass is 9.46. The molecule has 0 bridgehead atoms. The first-order valence-electron chi connectivity index (χ1n) is 12.1. The Morgan fingerprint density at radius 3 is 2.59 bits per heavy atom. The monoisotopic (exact) mass is 403 g/mol. The zero-order valence-electron chi connectivity index (χ0n) is 19.4. The Morgan fingerprint density at radius 1 is 1.17 bits per heavy atom. The van der Waals surface area contributed by atoms with Crippen molar-refractivity contribution in [2.75, 3.05) is 7.05 Å². The second-order valence-corrected chi connectivity index (χ2v) is 11.3. The highest BCUT2D eigenvalue weighted by molar-refractivity contribution is 5.77. The Morgan fingerprint density at radius 2 is 1.90 bits per heavy atom. The molecule has 4 aliphatic rings. The van der Waals surface area contributed by atoms with Crippen LogP contribution in [0.3, 0.4) is 0 Å². The third-order valence-corrected chi connectivity index (χ3v) is 10.1. The first-order chi connectivity index (χ1) is 13.6. The van der Waals surface area contributed by atoms with E-state index >= 15 is 0 Å². The van der Waals surface area contributed by atoms with E-state index in [9.17, 15) is 9.59 Å². The van der Waals surface area contributed by atoms with E-state index < -0.39 is 0 Å². The number of hydrogen-bond donors (Lipinski definition) is 0. The molecular formula is C25H41NO3. The normalized spacial score (nSPS) is 47.8. The van der Waals surface area contributed by atoms with Crippen LogP contribution in [-0.4, -0.2) is 36.0 Å². The van der Waals surface area contributed by atoms with Crippen LogP contribution < -0.4 is 0 Å². The predicted octanol–water partition coefficient (Wildman–Crippen LogP) is 5.05. The van der Waals surface area contributed by atoms with E-state index in [1.54, 1.807) is 0 Å². The highest BCUT2D eigenvalue weighted by Crippen LogP contribution is 2.67. The number of likely N-dealkylation sites (tertiary alicyclic amines) is 1. The second kappa shape index (κ2) is 7.27. The van der Waals surface area contributed by atoms with Crippen LogP contribution in [0.5, 0.6) is 0 Å². The molecular weight excluding hydrogens is 362 g/mol. The van der Waals surface area contributed by atoms with Gasteiger partial charge in [-0.05, 0) is 80.0 Å². The number of amides is 1. The molecule has 164 valence electrons. The summed E-state index contributed by atoms with van der Waals surface area (Å²) in [4.78, 5) is 26.4. The number of carbonyl (C=O) groups is 2. The average Bonchev–Trinajstić information content (AvgIpc) is 2.95. The third-order valence-electron chi connectivity index (χ3n) is 10.1. The molecule has 1 heterocycles. The number of ether oxygens (including phenoxy) is 1. The van der Waals surface area contributed by atoms with Crippen molar-refractivity contribution >= 4 is 11.9 Å². The van der Waals surface area contributed by atoms with Gasteiger partial charge in [0.2, 0.25) is 5.91 Å². The van der Waals surface area contributed by atoms with Crippen LogP contribution in [0.1, 0.15) is 86.0 Å². The van der Waals surface area contributed by atoms with Crippen molar-refractivity contribution in [1.29, 1.82) is 0 Å². The predicted molar refractivity (Wildman–Crippen MR) is 114 cm³/mol. The van der Waals surface area contributed by atoms with E-state index in [0.29, 0.717) is 30.2 Å². The molecule has 0 aromatic heterocycles. The van der Waals surface area contributed by atoms with Crippen molar-refractivity contribution in [1.82, 2.24) is 4.90 Å². The Labute approximate surface area is 177 Å². The standard InChI is InChI=1S/C25H41NO3/c1-7-22(28)29-16(3)23-15(2)14-19-17-8-9-20-24(4,13-11-21(27)26(20)6)18(17)10-12-25(19,23)5/h15-20,23H,7-14H2,1-6H3/t15-,16+,17+,18-,19-,20+,23+,24+,25-/m0/s1. The van der Waals surface area contributed by atoms with Crippen LogP contribution in [-0.2, 0) is 14.3 Å². The summed E-state index contributed by atoms with van der Waals surface area (Å²) in [6.07, 6.45) is 8.44. The van der Waals surface area contributed by atoms with E-state index in [1.165, 1.54) is 25.7 Å². The number of rotatable bonds is 3. The van der Waals surface area contributed by atoms with E-state index in [-0.39, 0.29) is 22.9 Å². The SMILES string of the molecule is CCC(=O)O[C@H](C)[C@H]1[C@@H](C)C[C@H]2[C@@H]3CC[C@H]4N(C)C(=O)CC[C@]4(C)[C@H]3CC[C@]12C. The molecule has 4 heteroatoms. The van der Waals surface area contributed by atoms with Gasteiger partial charge in [-0.1, -0.05) is 27.7 Å². The summed E-state index contributed by atoms with van der Waals surface area (Å²) in [6, 6.07) is 0.424. The minimum atomic E-state index is -0.0617. The highest BCUT2D eigenvalue weighted by Gasteiger charge is 2.63. The molecule has 9 atom stereocenters. The lowest BCUT2D eigenvalue weighted by Gasteiger charge is -2.62. The van der Waals surface area contributed by atoms with Gasteiger partial charge >= 0.3 is 5.97 Å². The molecule has 0 unspecified atom stereocenters. The number of nitrogens with zero attached hydrogens (tertiary/aromatic N) is 1. The quantitative estimate of drug-likeness (QED) is 0.619. The largest absolute Gasteiger partial charge is 0.462 e. The summed E-state index contributed by atoms with van der Waals surface area (Å²) in [6.45, 7) is 11.4. The van der Waals surface area contributed by atoms with Gasteiger partial charge in [0.1, 0.15) is 6.10 Å². The van der Waals surface area contributed by atoms with Crippen LogP contribution in [0.15, 0.2) is 0 Å². The lowest BCUT2D eigenvalue weighted by molar-refractivity contribution is -0.165. The molecule has 29 heavy (non-hydrogen) atoms. The molecule has 4 fully saturated rings. The molecule has 4 nitrogen and oxygen atoms in total. The Bertz CT molecular complexity index is 677. The summed E-state index contributed by atoms with van der Waals surface area (Å²) in [5, 5.41) is 0. The maximum atomic E-state index is 12.3. The van der Waals surface area contributed by atoms with Gasteiger partial charge in [0, 0.05) is 31.8 Å². The molecule has 0 aromatic carbocycles. The van der Waals surface area contributed by atoms with Crippen molar-refractivity contribution in [3.8, 4) is 0 Å². The summed E-state index contributed by atoms with van der Waals surface area (Å²) >= 11 is 0. The van der Waals surface area contributed by atoms with Gasteiger partial charge in [0.05, 0.1) is 0 Å². The van der Waals surface area contributed by atoms with E-state index in [2.05, 4.69) is 32.6 Å². The van der Waals surface area contributed by atoms with Gasteiger partial charge < -0.3 is 9.64 Å². The molecule has 0 radical (unpaired) electrons. The van der Waals surface area contributed by atoms with Gasteiger partial charge in [-0.15, -0.1) is 0 Å². The fourth-order valence-corrected chi connectivity index (χ4v) is 8.92. The van der Waals surface area contributed by atoms with E-state index in [4.69, 9.17) is 4.74 Å². The number of fused-ring (bicyclic) bond motifs is 5. The lowest BCUT2D eigenvalue weighted by Crippen LogP contribution is -2.61. The number of piperidine rings is 1. The van der Waals surface area contributed by atoms with Crippen LogP contribution in [0.2, 0.25) is 0 Å². The fraction of sp³-hybridized carbons (Fsp3) is 0.920. The van der Waals surface area contributed by atoms with Gasteiger partial charge in [-0.2, -0.15) is 0 Å². The number of carbonyl (C=O) groups excluding carboxylic acids is 2. The van der Waals surface area contributed by atoms with E-state index in [1.807, 2.05) is 14.0 Å². The van der Waals surface area contributed by atoms with Crippen molar-refractivity contribution in [2.24, 2.45) is 40.4 Å². The summed E-state index contributed by atoms with van der Waals surface area (Å²) in [5.74, 6) is 3.56. The molecule has 3 saturated carbocycles. The first-order valence-corrected chi connectivity index (χ1v) is 12.1. The van der Waals surface area contributed by atoms with Crippen molar-refractivity contribution < 1.29 is 14.3 Å². The Kier molecular flexibility index (Phi) is 5.31. The number of hydrogen-bond acceptors (Lipinski definition) is 3. The summed E-state index contributed by atoms with van der Waals surface area (Å²) in [5.41, 5.74) is 0.544. The van der Waals surface area contributed by atoms with Crippen LogP contribution in [0, 0.1) is 40.4 Å². The summed E-state index contributed by atoms with van der Waals surface area (Å²) in [7, 11) is 2.04. The van der Waals surface area contributed by atoms with Crippen LogP contribution in [0.25, 0.3) is 0 Å². The van der Waals surface area contributed by atoms with Crippen molar-refractivity contribution in [3.05, 3.63) is 0 Å². The van der Waals surface area contributed by atoms with Crippen molar-refractivity contribution in [2.45, 2.75) is 98.1 Å². The van der Waals surface area contributed by atoms with Gasteiger partial charge in [0.15, 0.2) is 0 Å². The fourth-order valence-electron chi connectivity index (χ4n) is 8.92. The molecule has 0 spiro atoms. The zero-order valence-corrected chi connectivity index (χ0v) is 19.4. The van der Waals surface area contributed by atoms with Crippen molar-refractivity contribution in [3.63, 3.8) is 0 Å². The first kappa shape index (κ1) is 21.2. The van der Waals surface area contributed by atoms with E-state index in [0.717, 1.165) is 37.0 Å². The molecule has 3 aliphatic carbocycles. The molecule has 1 aliphatic heterocycles. The molecule has 0 N–H and O–H groups in total. The summed E-state index contributed by atoms with van der Waals surface area (Å²) < 4.78 is 5.85. The van der Waals surface area contributed by atoms with Gasteiger partial charge in [0.25, 0.3) is 0 Å². The molecule has 1 saturated heterocycles. The Hall–Kier alpha value is -1.06. The average molecular weight is 404 g/mol. The number of esters is 1. The van der Waals surface area contributed by atoms with Gasteiger partial charge in [-0.25, -0.2) is 0 Å².